The van der Waals surface area contributed by atoms with Gasteiger partial charge in [-0.2, -0.15) is 8.78 Å². The third kappa shape index (κ3) is 4.38. The molecule has 0 radical (unpaired) electrons. The van der Waals surface area contributed by atoms with Crippen molar-refractivity contribution in [2.75, 3.05) is 13.6 Å². The van der Waals surface area contributed by atoms with E-state index in [1.807, 2.05) is 0 Å². The standard InChI is InChI=1S/C9H11BrF4N2O2S2/c1-15-3-5-2-6(7(10)19-5)20(17,18)16-4-9(13,14)8(11)12/h2,8,15-16H,3-4H2,1H3. The van der Waals surface area contributed by atoms with Crippen molar-refractivity contribution >= 4 is 37.3 Å². The zero-order chi connectivity index (χ0) is 15.6. The van der Waals surface area contributed by atoms with Gasteiger partial charge in [0.05, 0.1) is 10.3 Å². The van der Waals surface area contributed by atoms with Gasteiger partial charge in [0.25, 0.3) is 0 Å². The molecule has 4 nitrogen and oxygen atoms in total. The van der Waals surface area contributed by atoms with E-state index in [1.165, 1.54) is 10.8 Å². The maximum Gasteiger partial charge on any atom is 0.320 e. The Labute approximate surface area is 125 Å². The Balaban J connectivity index is 2.89. The van der Waals surface area contributed by atoms with Crippen LogP contribution in [-0.4, -0.2) is 34.4 Å². The van der Waals surface area contributed by atoms with Gasteiger partial charge in [-0.05, 0) is 29.0 Å². The molecule has 0 aliphatic heterocycles. The molecule has 0 aromatic carbocycles. The molecule has 20 heavy (non-hydrogen) atoms. The Morgan fingerprint density at radius 1 is 1.45 bits per heavy atom. The molecule has 0 aliphatic carbocycles. The Kier molecular flexibility index (Phi) is 5.96. The molecule has 0 saturated carbocycles. The third-order valence-corrected chi connectivity index (χ3v) is 5.82. The van der Waals surface area contributed by atoms with E-state index < -0.39 is 28.9 Å². The molecule has 0 bridgehead atoms. The average Bonchev–Trinajstić information content (AvgIpc) is 2.69. The van der Waals surface area contributed by atoms with Gasteiger partial charge in [0.15, 0.2) is 0 Å². The van der Waals surface area contributed by atoms with E-state index in [0.717, 1.165) is 11.3 Å². The molecular formula is C9H11BrF4N2O2S2. The van der Waals surface area contributed by atoms with Crippen LogP contribution in [0.2, 0.25) is 0 Å². The summed E-state index contributed by atoms with van der Waals surface area (Å²) >= 11 is 4.11. The highest BCUT2D eigenvalue weighted by Crippen LogP contribution is 2.32. The first kappa shape index (κ1) is 17.8. The number of alkyl halides is 4. The highest BCUT2D eigenvalue weighted by Gasteiger charge is 2.41. The minimum atomic E-state index is -4.41. The van der Waals surface area contributed by atoms with Crippen molar-refractivity contribution in [2.24, 2.45) is 0 Å². The van der Waals surface area contributed by atoms with Gasteiger partial charge in [0, 0.05) is 11.4 Å². The van der Waals surface area contributed by atoms with Crippen molar-refractivity contribution in [3.63, 3.8) is 0 Å². The second-order valence-electron chi connectivity index (χ2n) is 3.77. The summed E-state index contributed by atoms with van der Waals surface area (Å²) in [5, 5.41) is 2.80. The number of thiophene rings is 1. The minimum Gasteiger partial charge on any atom is -0.315 e. The van der Waals surface area contributed by atoms with Crippen molar-refractivity contribution < 1.29 is 26.0 Å². The summed E-state index contributed by atoms with van der Waals surface area (Å²) < 4.78 is 74.7. The Hall–Kier alpha value is -0.230. The number of rotatable bonds is 7. The molecule has 116 valence electrons. The van der Waals surface area contributed by atoms with E-state index in [1.54, 1.807) is 7.05 Å². The van der Waals surface area contributed by atoms with Gasteiger partial charge < -0.3 is 5.32 Å². The van der Waals surface area contributed by atoms with Crippen molar-refractivity contribution in [3.05, 3.63) is 14.7 Å². The molecule has 11 heteroatoms. The van der Waals surface area contributed by atoms with Crippen molar-refractivity contribution in [1.82, 2.24) is 10.0 Å². The molecular weight excluding hydrogens is 388 g/mol. The van der Waals surface area contributed by atoms with Crippen LogP contribution in [0.1, 0.15) is 4.88 Å². The van der Waals surface area contributed by atoms with Gasteiger partial charge in [-0.3, -0.25) is 0 Å². The van der Waals surface area contributed by atoms with Crippen LogP contribution in [0.3, 0.4) is 0 Å². The lowest BCUT2D eigenvalue weighted by Crippen LogP contribution is -2.41. The van der Waals surface area contributed by atoms with E-state index in [4.69, 9.17) is 0 Å². The number of halogens is 5. The molecule has 1 heterocycles. The summed E-state index contributed by atoms with van der Waals surface area (Å²) in [7, 11) is -2.63. The highest BCUT2D eigenvalue weighted by molar-refractivity contribution is 9.11. The van der Waals surface area contributed by atoms with E-state index in [2.05, 4.69) is 21.2 Å². The zero-order valence-corrected chi connectivity index (χ0v) is 13.3. The van der Waals surface area contributed by atoms with Crippen molar-refractivity contribution in [2.45, 2.75) is 23.8 Å². The lowest BCUT2D eigenvalue weighted by molar-refractivity contribution is -0.122. The topological polar surface area (TPSA) is 58.2 Å². The van der Waals surface area contributed by atoms with Gasteiger partial charge in [0.1, 0.15) is 4.90 Å². The maximum atomic E-state index is 12.7. The quantitative estimate of drug-likeness (QED) is 0.693. The molecule has 0 spiro atoms. The fourth-order valence-corrected chi connectivity index (χ4v) is 4.92. The predicted molar refractivity (Wildman–Crippen MR) is 70.9 cm³/mol. The van der Waals surface area contributed by atoms with Gasteiger partial charge >= 0.3 is 12.3 Å². The summed E-state index contributed by atoms with van der Waals surface area (Å²) in [6.45, 7) is -1.26. The summed E-state index contributed by atoms with van der Waals surface area (Å²) in [4.78, 5) is 0.401. The van der Waals surface area contributed by atoms with Crippen LogP contribution in [0.5, 0.6) is 0 Å². The van der Waals surface area contributed by atoms with Crippen LogP contribution in [0.4, 0.5) is 17.6 Å². The highest BCUT2D eigenvalue weighted by atomic mass is 79.9. The van der Waals surface area contributed by atoms with Gasteiger partial charge in [-0.1, -0.05) is 0 Å². The van der Waals surface area contributed by atoms with E-state index in [-0.39, 0.29) is 8.68 Å². The molecule has 0 aliphatic rings. The molecule has 1 aromatic rings. The van der Waals surface area contributed by atoms with Crippen LogP contribution >= 0.6 is 27.3 Å². The molecule has 0 atom stereocenters. The van der Waals surface area contributed by atoms with Crippen LogP contribution < -0.4 is 10.0 Å². The van der Waals surface area contributed by atoms with E-state index in [0.29, 0.717) is 11.4 Å². The summed E-state index contributed by atoms with van der Waals surface area (Å²) in [5.74, 6) is -4.41. The molecule has 0 unspecified atom stereocenters. The van der Waals surface area contributed by atoms with Crippen LogP contribution in [-0.2, 0) is 16.6 Å². The largest absolute Gasteiger partial charge is 0.320 e. The Morgan fingerprint density at radius 3 is 2.55 bits per heavy atom. The number of hydrogen-bond acceptors (Lipinski definition) is 4. The first-order valence-corrected chi connectivity index (χ1v) is 8.28. The predicted octanol–water partition coefficient (Wildman–Crippen LogP) is 2.41. The van der Waals surface area contributed by atoms with Gasteiger partial charge in [-0.25, -0.2) is 21.9 Å². The third-order valence-electron chi connectivity index (χ3n) is 2.16. The van der Waals surface area contributed by atoms with Crippen molar-refractivity contribution in [3.8, 4) is 0 Å². The molecule has 1 rings (SSSR count). The Morgan fingerprint density at radius 2 is 2.05 bits per heavy atom. The first-order chi connectivity index (χ1) is 9.10. The number of nitrogens with one attached hydrogen (secondary N) is 2. The lowest BCUT2D eigenvalue weighted by Gasteiger charge is -2.15. The van der Waals surface area contributed by atoms with E-state index in [9.17, 15) is 26.0 Å². The average molecular weight is 399 g/mol. The summed E-state index contributed by atoms with van der Waals surface area (Å²) in [5.41, 5.74) is 0. The van der Waals surface area contributed by atoms with Gasteiger partial charge in [-0.15, -0.1) is 11.3 Å². The zero-order valence-electron chi connectivity index (χ0n) is 10.1. The Bertz CT molecular complexity index is 562. The minimum absolute atomic E-state index is 0.218. The molecule has 0 saturated heterocycles. The van der Waals surface area contributed by atoms with Crippen LogP contribution in [0.15, 0.2) is 14.7 Å². The fraction of sp³-hybridized carbons (Fsp3) is 0.556. The van der Waals surface area contributed by atoms with Crippen molar-refractivity contribution in [1.29, 1.82) is 0 Å². The normalized spacial score (nSPS) is 13.2. The SMILES string of the molecule is CNCc1cc(S(=O)(=O)NCC(F)(F)C(F)F)c(Br)s1. The molecule has 2 N–H and O–H groups in total. The molecule has 0 amide bonds. The lowest BCUT2D eigenvalue weighted by atomic mass is 10.4. The molecule has 0 fully saturated rings. The molecule has 1 aromatic heterocycles. The van der Waals surface area contributed by atoms with E-state index >= 15 is 0 Å². The van der Waals surface area contributed by atoms with Gasteiger partial charge in [0.2, 0.25) is 10.0 Å². The second-order valence-corrected chi connectivity index (χ2v) is 7.96. The summed E-state index contributed by atoms with van der Waals surface area (Å²) in [6, 6.07) is 1.29. The summed E-state index contributed by atoms with van der Waals surface area (Å²) in [6.07, 6.45) is -3.93. The maximum absolute atomic E-state index is 12.7. The van der Waals surface area contributed by atoms with Crippen LogP contribution in [0.25, 0.3) is 0 Å². The second kappa shape index (κ2) is 6.69. The fourth-order valence-electron chi connectivity index (χ4n) is 1.19. The number of sulfonamides is 1. The monoisotopic (exact) mass is 398 g/mol. The number of hydrogen-bond donors (Lipinski definition) is 2. The smallest absolute Gasteiger partial charge is 0.315 e. The van der Waals surface area contributed by atoms with Crippen LogP contribution in [0, 0.1) is 0 Å². The first-order valence-electron chi connectivity index (χ1n) is 5.18.